The quantitative estimate of drug-likeness (QED) is 0.176. The van der Waals surface area contributed by atoms with Crippen molar-refractivity contribution in [1.82, 2.24) is 19.5 Å². The predicted molar refractivity (Wildman–Crippen MR) is 236 cm³/mol. The number of hydrogen-bond acceptors (Lipinski definition) is 5. The van der Waals surface area contributed by atoms with Crippen molar-refractivity contribution >= 4 is 75.3 Å². The summed E-state index contributed by atoms with van der Waals surface area (Å²) in [6.07, 6.45) is 0. The van der Waals surface area contributed by atoms with Crippen LogP contribution in [0.15, 0.2) is 186 Å². The lowest BCUT2D eigenvalue weighted by atomic mass is 9.98. The third-order valence-electron chi connectivity index (χ3n) is 11.1. The zero-order valence-corrected chi connectivity index (χ0v) is 31.2. The molecule has 0 radical (unpaired) electrons. The van der Waals surface area contributed by atoms with Gasteiger partial charge in [0.05, 0.1) is 11.0 Å². The molecular formula is C51H30N4OS. The summed E-state index contributed by atoms with van der Waals surface area (Å²) in [7, 11) is 0. The Labute approximate surface area is 330 Å². The average Bonchev–Trinajstić information content (AvgIpc) is 3.96. The zero-order valence-electron chi connectivity index (χ0n) is 30.4. The fourth-order valence-electron chi connectivity index (χ4n) is 8.50. The van der Waals surface area contributed by atoms with Crippen LogP contribution in [0, 0.1) is 0 Å². The first-order chi connectivity index (χ1) is 28.3. The highest BCUT2D eigenvalue weighted by Crippen LogP contribution is 2.45. The van der Waals surface area contributed by atoms with Crippen molar-refractivity contribution in [2.45, 2.75) is 0 Å². The maximum Gasteiger partial charge on any atom is 0.166 e. The minimum absolute atomic E-state index is 0.567. The van der Waals surface area contributed by atoms with Gasteiger partial charge < -0.3 is 8.98 Å². The van der Waals surface area contributed by atoms with Gasteiger partial charge in [0.1, 0.15) is 11.3 Å². The van der Waals surface area contributed by atoms with E-state index in [1.807, 2.05) is 84.1 Å². The normalized spacial score (nSPS) is 11.9. The summed E-state index contributed by atoms with van der Waals surface area (Å²) in [5, 5.41) is 7.01. The molecule has 0 unspecified atom stereocenters. The van der Waals surface area contributed by atoms with Crippen molar-refractivity contribution < 1.29 is 4.42 Å². The summed E-state index contributed by atoms with van der Waals surface area (Å²) < 4.78 is 11.8. The minimum atomic E-state index is 0.567. The Balaban J connectivity index is 1.18. The van der Waals surface area contributed by atoms with E-state index in [0.717, 1.165) is 60.7 Å². The lowest BCUT2D eigenvalue weighted by Gasteiger charge is -2.15. The number of para-hydroxylation sites is 2. The molecular weight excluding hydrogens is 717 g/mol. The maximum atomic E-state index is 6.90. The molecule has 0 aliphatic rings. The van der Waals surface area contributed by atoms with Crippen molar-refractivity contribution in [3.63, 3.8) is 0 Å². The van der Waals surface area contributed by atoms with Crippen LogP contribution in [0.2, 0.25) is 0 Å². The maximum absolute atomic E-state index is 6.90. The fourth-order valence-corrected chi connectivity index (χ4v) is 9.65. The van der Waals surface area contributed by atoms with Gasteiger partial charge in [-0.2, -0.15) is 0 Å². The summed E-state index contributed by atoms with van der Waals surface area (Å²) in [6, 6.07) is 63.7. The SMILES string of the molecule is c1ccc(-c2nc(-c3ccccc3)nc(-c3ccc4c(oc5ccccc54)c3-n3c4ccccc4c4c(-c5ccc6c(c5)sc5ccccc56)cccc43)n2)cc1. The molecule has 0 atom stereocenters. The highest BCUT2D eigenvalue weighted by Gasteiger charge is 2.25. The van der Waals surface area contributed by atoms with Gasteiger partial charge in [0, 0.05) is 58.4 Å². The summed E-state index contributed by atoms with van der Waals surface area (Å²) in [6.45, 7) is 0. The van der Waals surface area contributed by atoms with Crippen molar-refractivity contribution in [2.75, 3.05) is 0 Å². The van der Waals surface area contributed by atoms with E-state index in [1.54, 1.807) is 0 Å². The first-order valence-electron chi connectivity index (χ1n) is 19.0. The molecule has 0 spiro atoms. The second kappa shape index (κ2) is 12.6. The number of benzene rings is 8. The fraction of sp³-hybridized carbons (Fsp3) is 0. The lowest BCUT2D eigenvalue weighted by molar-refractivity contribution is 0.666. The van der Waals surface area contributed by atoms with E-state index in [9.17, 15) is 0 Å². The molecule has 0 fully saturated rings. The molecule has 0 aliphatic carbocycles. The summed E-state index contributed by atoms with van der Waals surface area (Å²) in [5.41, 5.74) is 9.67. The molecule has 8 aromatic carbocycles. The van der Waals surface area contributed by atoms with Crippen LogP contribution >= 0.6 is 11.3 Å². The summed E-state index contributed by atoms with van der Waals surface area (Å²) >= 11 is 1.85. The van der Waals surface area contributed by atoms with Crippen LogP contribution in [-0.4, -0.2) is 19.5 Å². The third-order valence-corrected chi connectivity index (χ3v) is 12.2. The van der Waals surface area contributed by atoms with Crippen molar-refractivity contribution in [3.8, 4) is 51.0 Å². The van der Waals surface area contributed by atoms with Crippen LogP contribution in [0.3, 0.4) is 0 Å². The third kappa shape index (κ3) is 4.98. The largest absolute Gasteiger partial charge is 0.454 e. The van der Waals surface area contributed by atoms with Crippen molar-refractivity contribution in [1.29, 1.82) is 0 Å². The molecule has 0 bridgehead atoms. The van der Waals surface area contributed by atoms with Gasteiger partial charge in [0.15, 0.2) is 23.1 Å². The van der Waals surface area contributed by atoms with Crippen molar-refractivity contribution in [3.05, 3.63) is 182 Å². The number of thiophene rings is 1. The zero-order chi connectivity index (χ0) is 37.5. The van der Waals surface area contributed by atoms with E-state index in [1.165, 1.54) is 36.7 Å². The monoisotopic (exact) mass is 746 g/mol. The number of hydrogen-bond donors (Lipinski definition) is 0. The standard InChI is InChI=1S/C51H30N4OS/c1-3-14-31(15-4-1)49-52-50(32-16-5-2-6-17-32)54-51(53-49)40-29-28-38-35-18-8-11-24-43(35)56-48(38)47(40)55-41-22-10-7-20-39(41)46-34(21-13-23-42(46)55)33-26-27-37-36-19-9-12-25-44(36)57-45(37)30-33/h1-30H. The van der Waals surface area contributed by atoms with Crippen LogP contribution < -0.4 is 0 Å². The minimum Gasteiger partial charge on any atom is -0.454 e. The first-order valence-corrected chi connectivity index (χ1v) is 19.8. The molecule has 12 rings (SSSR count). The van der Waals surface area contributed by atoms with Crippen LogP contribution in [-0.2, 0) is 0 Å². The smallest absolute Gasteiger partial charge is 0.166 e. The Morgan fingerprint density at radius 2 is 1.02 bits per heavy atom. The average molecular weight is 747 g/mol. The molecule has 57 heavy (non-hydrogen) atoms. The molecule has 4 heterocycles. The van der Waals surface area contributed by atoms with E-state index in [2.05, 4.69) is 114 Å². The summed E-state index contributed by atoms with van der Waals surface area (Å²) in [4.78, 5) is 15.5. The number of fused-ring (bicyclic) bond motifs is 9. The van der Waals surface area contributed by atoms with Gasteiger partial charge in [0.2, 0.25) is 0 Å². The van der Waals surface area contributed by atoms with Gasteiger partial charge in [-0.25, -0.2) is 15.0 Å². The highest BCUT2D eigenvalue weighted by molar-refractivity contribution is 7.25. The molecule has 6 heteroatoms. The molecule has 0 saturated carbocycles. The Morgan fingerprint density at radius 1 is 0.404 bits per heavy atom. The summed E-state index contributed by atoms with van der Waals surface area (Å²) in [5.74, 6) is 1.78. The van der Waals surface area contributed by atoms with Gasteiger partial charge in [-0.05, 0) is 53.6 Å². The molecule has 5 nitrogen and oxygen atoms in total. The van der Waals surface area contributed by atoms with Gasteiger partial charge in [-0.15, -0.1) is 11.3 Å². The highest BCUT2D eigenvalue weighted by atomic mass is 32.1. The van der Waals surface area contributed by atoms with Crippen LogP contribution in [0.4, 0.5) is 0 Å². The second-order valence-electron chi connectivity index (χ2n) is 14.3. The van der Waals surface area contributed by atoms with E-state index >= 15 is 0 Å². The van der Waals surface area contributed by atoms with Crippen LogP contribution in [0.1, 0.15) is 0 Å². The number of aromatic nitrogens is 4. The molecule has 0 aliphatic heterocycles. The predicted octanol–water partition coefficient (Wildman–Crippen LogP) is 13.9. The number of rotatable bonds is 5. The lowest BCUT2D eigenvalue weighted by Crippen LogP contribution is -2.04. The van der Waals surface area contributed by atoms with E-state index in [4.69, 9.17) is 19.4 Å². The number of furan rings is 1. The van der Waals surface area contributed by atoms with E-state index in [-0.39, 0.29) is 0 Å². The molecule has 4 aromatic heterocycles. The topological polar surface area (TPSA) is 56.7 Å². The van der Waals surface area contributed by atoms with Gasteiger partial charge in [-0.3, -0.25) is 0 Å². The molecule has 0 amide bonds. The van der Waals surface area contributed by atoms with Crippen LogP contribution in [0.25, 0.3) is 115 Å². The Bertz CT molecular complexity index is 3470. The van der Waals surface area contributed by atoms with E-state index in [0.29, 0.717) is 17.5 Å². The molecule has 266 valence electrons. The molecule has 0 N–H and O–H groups in total. The van der Waals surface area contributed by atoms with Crippen LogP contribution in [0.5, 0.6) is 0 Å². The van der Waals surface area contributed by atoms with E-state index < -0.39 is 0 Å². The second-order valence-corrected chi connectivity index (χ2v) is 15.4. The molecule has 0 saturated heterocycles. The number of nitrogens with zero attached hydrogens (tertiary/aromatic N) is 4. The molecule has 12 aromatic rings. The van der Waals surface area contributed by atoms with Crippen molar-refractivity contribution in [2.24, 2.45) is 0 Å². The Kier molecular flexibility index (Phi) is 7.03. The van der Waals surface area contributed by atoms with Gasteiger partial charge in [-0.1, -0.05) is 140 Å². The van der Waals surface area contributed by atoms with Gasteiger partial charge in [0.25, 0.3) is 0 Å². The Morgan fingerprint density at radius 3 is 1.81 bits per heavy atom. The Hall–Kier alpha value is -7.41. The van der Waals surface area contributed by atoms with Gasteiger partial charge >= 0.3 is 0 Å². The first kappa shape index (κ1) is 31.9.